The first-order valence-corrected chi connectivity index (χ1v) is 19.2. The molecule has 2 amide bonds. The van der Waals surface area contributed by atoms with Crippen molar-refractivity contribution in [3.8, 4) is 5.69 Å². The highest BCUT2D eigenvalue weighted by Gasteiger charge is 2.33. The van der Waals surface area contributed by atoms with E-state index in [0.717, 1.165) is 42.4 Å². The summed E-state index contributed by atoms with van der Waals surface area (Å²) in [5.74, 6) is -0.670. The first-order valence-electron chi connectivity index (χ1n) is 16.9. The molecular weight excluding hydrogens is 707 g/mol. The van der Waals surface area contributed by atoms with Gasteiger partial charge in [0.25, 0.3) is 21.8 Å². The molecule has 1 aliphatic heterocycles. The fraction of sp³-hybridized carbons (Fsp3) is 0.289. The highest BCUT2D eigenvalue weighted by atomic mass is 35.5. The maximum absolute atomic E-state index is 14.7. The molecule has 4 aromatic carbocycles. The number of carbonyl (C=O) groups is 2. The van der Waals surface area contributed by atoms with Crippen LogP contribution in [-0.2, 0) is 23.0 Å². The number of sulfonamides is 1. The number of anilines is 1. The van der Waals surface area contributed by atoms with Crippen LogP contribution in [0.4, 0.5) is 5.82 Å². The summed E-state index contributed by atoms with van der Waals surface area (Å²) in [6.07, 6.45) is 2.35. The Labute approximate surface area is 308 Å². The summed E-state index contributed by atoms with van der Waals surface area (Å²) in [6.45, 7) is 8.03. The van der Waals surface area contributed by atoms with E-state index in [9.17, 15) is 18.0 Å². The molecule has 5 aromatic rings. The van der Waals surface area contributed by atoms with Crippen molar-refractivity contribution in [3.05, 3.63) is 117 Å². The van der Waals surface area contributed by atoms with Gasteiger partial charge in [0.15, 0.2) is 5.82 Å². The van der Waals surface area contributed by atoms with Crippen LogP contribution < -0.4 is 15.4 Å². The molecule has 0 bridgehead atoms. The van der Waals surface area contributed by atoms with Crippen LogP contribution in [0.3, 0.4) is 0 Å². The summed E-state index contributed by atoms with van der Waals surface area (Å²) in [6, 6.07) is 21.8. The Hall–Kier alpha value is -4.42. The lowest BCUT2D eigenvalue weighted by molar-refractivity contribution is 0.0647. The molecule has 1 atom stereocenters. The number of nitrogens with one attached hydrogen (secondary N) is 1. The molecule has 0 saturated carbocycles. The highest BCUT2D eigenvalue weighted by molar-refractivity contribution is 7.90. The van der Waals surface area contributed by atoms with Gasteiger partial charge in [0, 0.05) is 48.2 Å². The summed E-state index contributed by atoms with van der Waals surface area (Å²) in [4.78, 5) is 32.1. The standard InChI is InChI=1S/C38H40Cl2N6O4S/c1-4-17-44(18-5-2)36-35(40)24(3)46(42-36)34-16-14-27(20-32(34)38(48)45-23-28-10-7-6-9-26(28)19-29(45)22-41)37(47)43-51(49,50)30-15-13-25-11-8-12-33(39)31(25)21-30/h6-16,20-21,29H,4-5,17-19,22-23,41H2,1-3H3,(H,43,47)/t29-/m0/s1. The average Bonchev–Trinajstić information content (AvgIpc) is 3.43. The zero-order valence-corrected chi connectivity index (χ0v) is 31.0. The van der Waals surface area contributed by atoms with Crippen molar-refractivity contribution in [3.63, 3.8) is 0 Å². The first kappa shape index (κ1) is 36.4. The molecule has 0 fully saturated rings. The second-order valence-electron chi connectivity index (χ2n) is 12.7. The highest BCUT2D eigenvalue weighted by Crippen LogP contribution is 2.33. The van der Waals surface area contributed by atoms with Gasteiger partial charge in [0.1, 0.15) is 5.02 Å². The van der Waals surface area contributed by atoms with Crippen molar-refractivity contribution in [1.82, 2.24) is 19.4 Å². The van der Waals surface area contributed by atoms with E-state index in [2.05, 4.69) is 23.5 Å². The molecule has 3 N–H and O–H groups in total. The van der Waals surface area contributed by atoms with Gasteiger partial charge in [-0.2, -0.15) is 0 Å². The van der Waals surface area contributed by atoms with Crippen LogP contribution in [0.2, 0.25) is 10.0 Å². The molecule has 51 heavy (non-hydrogen) atoms. The molecule has 1 aromatic heterocycles. The van der Waals surface area contributed by atoms with Crippen molar-refractivity contribution < 1.29 is 18.0 Å². The maximum Gasteiger partial charge on any atom is 0.265 e. The number of fused-ring (bicyclic) bond motifs is 2. The molecule has 10 nitrogen and oxygen atoms in total. The Kier molecular flexibility index (Phi) is 10.7. The summed E-state index contributed by atoms with van der Waals surface area (Å²) in [7, 11) is -4.32. The Bertz CT molecular complexity index is 2230. The molecule has 0 unspecified atom stereocenters. The predicted molar refractivity (Wildman–Crippen MR) is 203 cm³/mol. The zero-order chi connectivity index (χ0) is 36.4. The van der Waals surface area contributed by atoms with Crippen molar-refractivity contribution in [2.75, 3.05) is 24.5 Å². The molecule has 2 heterocycles. The number of nitrogens with two attached hydrogens (primary N) is 1. The lowest BCUT2D eigenvalue weighted by Crippen LogP contribution is -2.48. The van der Waals surface area contributed by atoms with E-state index in [1.165, 1.54) is 24.3 Å². The molecule has 0 aliphatic carbocycles. The van der Waals surface area contributed by atoms with Gasteiger partial charge < -0.3 is 15.5 Å². The van der Waals surface area contributed by atoms with Gasteiger partial charge in [-0.3, -0.25) is 9.59 Å². The number of aromatic nitrogens is 2. The van der Waals surface area contributed by atoms with Crippen molar-refractivity contribution in [1.29, 1.82) is 0 Å². The lowest BCUT2D eigenvalue weighted by atomic mass is 9.93. The quantitative estimate of drug-likeness (QED) is 0.150. The third-order valence-electron chi connectivity index (χ3n) is 9.26. The second-order valence-corrected chi connectivity index (χ2v) is 15.2. The Morgan fingerprint density at radius 2 is 1.69 bits per heavy atom. The van der Waals surface area contributed by atoms with Gasteiger partial charge in [0.2, 0.25) is 0 Å². The van der Waals surface area contributed by atoms with Crippen LogP contribution in [0, 0.1) is 6.92 Å². The Morgan fingerprint density at radius 1 is 0.961 bits per heavy atom. The van der Waals surface area contributed by atoms with E-state index in [1.54, 1.807) is 33.8 Å². The normalized spacial score (nSPS) is 14.4. The van der Waals surface area contributed by atoms with Gasteiger partial charge in [-0.05, 0) is 79.1 Å². The number of hydrogen-bond acceptors (Lipinski definition) is 7. The van der Waals surface area contributed by atoms with Crippen molar-refractivity contribution in [2.45, 2.75) is 57.5 Å². The summed E-state index contributed by atoms with van der Waals surface area (Å²) in [5, 5.41) is 7.03. The minimum atomic E-state index is -4.32. The molecular formula is C38H40Cl2N6O4S. The molecule has 13 heteroatoms. The van der Waals surface area contributed by atoms with E-state index < -0.39 is 15.9 Å². The monoisotopic (exact) mass is 746 g/mol. The number of carbonyl (C=O) groups excluding carboxylic acids is 2. The van der Waals surface area contributed by atoms with Gasteiger partial charge >= 0.3 is 0 Å². The molecule has 0 saturated heterocycles. The third kappa shape index (κ3) is 7.21. The fourth-order valence-electron chi connectivity index (χ4n) is 6.61. The van der Waals surface area contributed by atoms with Crippen LogP contribution in [0.5, 0.6) is 0 Å². The number of rotatable bonds is 11. The molecule has 0 radical (unpaired) electrons. The van der Waals surface area contributed by atoms with E-state index in [0.29, 0.717) is 45.6 Å². The van der Waals surface area contributed by atoms with Crippen molar-refractivity contribution in [2.24, 2.45) is 5.73 Å². The number of hydrogen-bond donors (Lipinski definition) is 2. The summed E-state index contributed by atoms with van der Waals surface area (Å²) in [5.41, 5.74) is 9.50. The summed E-state index contributed by atoms with van der Waals surface area (Å²) >= 11 is 13.2. The third-order valence-corrected chi connectivity index (χ3v) is 11.4. The average molecular weight is 748 g/mol. The number of benzene rings is 4. The molecule has 266 valence electrons. The first-order chi connectivity index (χ1) is 24.5. The predicted octanol–water partition coefficient (Wildman–Crippen LogP) is 6.91. The van der Waals surface area contributed by atoms with Crippen LogP contribution in [-0.4, -0.2) is 60.6 Å². The Balaban J connectivity index is 1.42. The molecule has 1 aliphatic rings. The van der Waals surface area contributed by atoms with Gasteiger partial charge in [0.05, 0.1) is 21.8 Å². The SMILES string of the molecule is CCCN(CCC)c1nn(-c2ccc(C(=O)NS(=O)(=O)c3ccc4cccc(Cl)c4c3)cc2C(=O)N2Cc3ccccc3C[C@H]2CN)c(C)c1Cl. The van der Waals surface area contributed by atoms with E-state index in [4.69, 9.17) is 34.0 Å². The van der Waals surface area contributed by atoms with Crippen LogP contribution in [0.15, 0.2) is 83.8 Å². The summed E-state index contributed by atoms with van der Waals surface area (Å²) < 4.78 is 30.8. The fourth-order valence-corrected chi connectivity index (χ4v) is 8.09. The molecule has 6 rings (SSSR count). The van der Waals surface area contributed by atoms with Crippen LogP contribution in [0.1, 0.15) is 64.2 Å². The maximum atomic E-state index is 14.7. The topological polar surface area (TPSA) is 131 Å². The van der Waals surface area contributed by atoms with E-state index >= 15 is 0 Å². The van der Waals surface area contributed by atoms with Gasteiger partial charge in [-0.25, -0.2) is 17.8 Å². The number of halogens is 2. The van der Waals surface area contributed by atoms with Gasteiger partial charge in [-0.15, -0.1) is 5.10 Å². The zero-order valence-electron chi connectivity index (χ0n) is 28.7. The molecule has 0 spiro atoms. The Morgan fingerprint density at radius 3 is 2.39 bits per heavy atom. The van der Waals surface area contributed by atoms with Crippen LogP contribution >= 0.6 is 23.2 Å². The largest absolute Gasteiger partial charge is 0.354 e. The number of amides is 2. The van der Waals surface area contributed by atoms with E-state index in [1.807, 2.05) is 37.3 Å². The minimum absolute atomic E-state index is 0.0269. The van der Waals surface area contributed by atoms with Crippen molar-refractivity contribution >= 4 is 61.6 Å². The van der Waals surface area contributed by atoms with Gasteiger partial charge in [-0.1, -0.05) is 79.5 Å². The smallest absolute Gasteiger partial charge is 0.265 e. The minimum Gasteiger partial charge on any atom is -0.354 e. The second kappa shape index (κ2) is 15.1. The van der Waals surface area contributed by atoms with Crippen LogP contribution in [0.25, 0.3) is 16.5 Å². The number of nitrogens with zero attached hydrogens (tertiary/aromatic N) is 4. The van der Waals surface area contributed by atoms with E-state index in [-0.39, 0.29) is 34.5 Å². The lowest BCUT2D eigenvalue weighted by Gasteiger charge is -2.37.